The quantitative estimate of drug-likeness (QED) is 0.878. The van der Waals surface area contributed by atoms with Crippen LogP contribution in [0.15, 0.2) is 36.4 Å². The minimum atomic E-state index is -0.320. The first kappa shape index (κ1) is 15.6. The van der Waals surface area contributed by atoms with Crippen LogP contribution in [0.25, 0.3) is 10.8 Å². The van der Waals surface area contributed by atoms with Crippen LogP contribution in [0.4, 0.5) is 0 Å². The molecule has 1 N–H and O–H groups in total. The third-order valence-electron chi connectivity index (χ3n) is 5.17. The molecule has 4 rings (SSSR count). The third-order valence-corrected chi connectivity index (χ3v) is 5.17. The van der Waals surface area contributed by atoms with Crippen LogP contribution in [-0.2, 0) is 16.1 Å². The van der Waals surface area contributed by atoms with Gasteiger partial charge in [0.15, 0.2) is 0 Å². The number of nitrogens with zero attached hydrogens (tertiary/aromatic N) is 1. The molecule has 0 radical (unpaired) electrons. The van der Waals surface area contributed by atoms with Gasteiger partial charge in [-0.15, -0.1) is 0 Å². The monoisotopic (exact) mass is 324 g/mol. The highest BCUT2D eigenvalue weighted by atomic mass is 16.6. The Bertz CT molecular complexity index is 776. The maximum Gasteiger partial charge on any atom is 0.303 e. The maximum absolute atomic E-state index is 11.2. The van der Waals surface area contributed by atoms with Crippen molar-refractivity contribution >= 4 is 16.7 Å². The lowest BCUT2D eigenvalue weighted by molar-refractivity contribution is -0.174. The minimum absolute atomic E-state index is 0.193. The van der Waals surface area contributed by atoms with Crippen molar-refractivity contribution < 1.29 is 9.53 Å². The Morgan fingerprint density at radius 1 is 1.21 bits per heavy atom. The molecule has 2 aromatic carbocycles. The largest absolute Gasteiger partial charge is 0.457 e. The summed E-state index contributed by atoms with van der Waals surface area (Å²) in [5, 5.41) is 6.09. The Kier molecular flexibility index (Phi) is 3.82. The van der Waals surface area contributed by atoms with Crippen LogP contribution in [0.3, 0.4) is 0 Å². The van der Waals surface area contributed by atoms with E-state index in [0.29, 0.717) is 5.92 Å². The van der Waals surface area contributed by atoms with Crippen LogP contribution >= 0.6 is 0 Å². The molecule has 0 spiro atoms. The van der Waals surface area contributed by atoms with E-state index in [2.05, 4.69) is 46.6 Å². The molecule has 0 aliphatic carbocycles. The molecule has 2 fully saturated rings. The van der Waals surface area contributed by atoms with Crippen LogP contribution in [0.5, 0.6) is 0 Å². The Labute approximate surface area is 142 Å². The lowest BCUT2D eigenvalue weighted by Crippen LogP contribution is -2.61. The van der Waals surface area contributed by atoms with Crippen molar-refractivity contribution in [2.45, 2.75) is 31.9 Å². The molecule has 0 atom stereocenters. The van der Waals surface area contributed by atoms with E-state index in [-0.39, 0.29) is 11.6 Å². The van der Waals surface area contributed by atoms with E-state index < -0.39 is 0 Å². The van der Waals surface area contributed by atoms with Gasteiger partial charge in [-0.3, -0.25) is 9.69 Å². The fourth-order valence-electron chi connectivity index (χ4n) is 4.05. The standard InChI is InChI=1S/C20H24N2O2/c1-14(23)24-20(2)12-22(13-20)11-15-7-8-18(16-9-21-10-16)19-6-4-3-5-17(15)19/h3-8,16,21H,9-13H2,1-2H3. The predicted octanol–water partition coefficient (Wildman–Crippen LogP) is 2.66. The van der Waals surface area contributed by atoms with Crippen molar-refractivity contribution in [3.05, 3.63) is 47.5 Å². The van der Waals surface area contributed by atoms with E-state index in [4.69, 9.17) is 4.74 Å². The fourth-order valence-corrected chi connectivity index (χ4v) is 4.05. The molecule has 126 valence electrons. The highest BCUT2D eigenvalue weighted by Gasteiger charge is 2.41. The van der Waals surface area contributed by atoms with Gasteiger partial charge in [-0.1, -0.05) is 36.4 Å². The number of nitrogens with one attached hydrogen (secondary N) is 1. The van der Waals surface area contributed by atoms with Crippen molar-refractivity contribution in [3.63, 3.8) is 0 Å². The minimum Gasteiger partial charge on any atom is -0.457 e. The molecule has 0 saturated carbocycles. The summed E-state index contributed by atoms with van der Waals surface area (Å²) in [6.45, 7) is 8.16. The van der Waals surface area contributed by atoms with Gasteiger partial charge in [0.1, 0.15) is 5.60 Å². The Morgan fingerprint density at radius 2 is 1.92 bits per heavy atom. The van der Waals surface area contributed by atoms with Gasteiger partial charge in [0.05, 0.1) is 0 Å². The average molecular weight is 324 g/mol. The molecule has 4 heteroatoms. The molecular weight excluding hydrogens is 300 g/mol. The molecule has 4 nitrogen and oxygen atoms in total. The Balaban J connectivity index is 1.54. The molecule has 0 bridgehead atoms. The van der Waals surface area contributed by atoms with Crippen LogP contribution < -0.4 is 5.32 Å². The first-order valence-electron chi connectivity index (χ1n) is 8.67. The average Bonchev–Trinajstić information content (AvgIpc) is 2.45. The number of benzene rings is 2. The number of ether oxygens (including phenoxy) is 1. The normalized spacial score (nSPS) is 20.4. The lowest BCUT2D eigenvalue weighted by Gasteiger charge is -2.47. The number of carbonyl (C=O) groups is 1. The van der Waals surface area contributed by atoms with E-state index in [1.54, 1.807) is 0 Å². The van der Waals surface area contributed by atoms with Crippen molar-refractivity contribution in [2.75, 3.05) is 26.2 Å². The molecule has 0 amide bonds. The SMILES string of the molecule is CC(=O)OC1(C)CN(Cc2ccc(C3CNC3)c3ccccc23)C1. The number of hydrogen-bond donors (Lipinski definition) is 1. The molecular formula is C20H24N2O2. The van der Waals surface area contributed by atoms with Crippen LogP contribution in [0.2, 0.25) is 0 Å². The number of hydrogen-bond acceptors (Lipinski definition) is 4. The number of carbonyl (C=O) groups excluding carboxylic acids is 1. The molecule has 2 aliphatic heterocycles. The van der Waals surface area contributed by atoms with Crippen LogP contribution in [-0.4, -0.2) is 42.6 Å². The number of esters is 1. The van der Waals surface area contributed by atoms with Gasteiger partial charge in [0, 0.05) is 45.6 Å². The zero-order valence-electron chi connectivity index (χ0n) is 14.3. The summed E-state index contributed by atoms with van der Waals surface area (Å²) in [5.74, 6) is 0.446. The fraction of sp³-hybridized carbons (Fsp3) is 0.450. The molecule has 24 heavy (non-hydrogen) atoms. The van der Waals surface area contributed by atoms with E-state index >= 15 is 0 Å². The molecule has 2 heterocycles. The van der Waals surface area contributed by atoms with Crippen molar-refractivity contribution in [3.8, 4) is 0 Å². The van der Waals surface area contributed by atoms with Gasteiger partial charge in [0.2, 0.25) is 0 Å². The zero-order valence-corrected chi connectivity index (χ0v) is 14.3. The van der Waals surface area contributed by atoms with E-state index in [0.717, 1.165) is 32.7 Å². The maximum atomic E-state index is 11.2. The first-order chi connectivity index (χ1) is 11.5. The predicted molar refractivity (Wildman–Crippen MR) is 95.0 cm³/mol. The second kappa shape index (κ2) is 5.87. The molecule has 0 aromatic heterocycles. The second-order valence-electron chi connectivity index (χ2n) is 7.40. The molecule has 2 saturated heterocycles. The third kappa shape index (κ3) is 2.80. The van der Waals surface area contributed by atoms with E-state index in [1.807, 2.05) is 6.92 Å². The summed E-state index contributed by atoms with van der Waals surface area (Å²) in [5.41, 5.74) is 2.49. The summed E-state index contributed by atoms with van der Waals surface area (Å²) in [6.07, 6.45) is 0. The summed E-state index contributed by atoms with van der Waals surface area (Å²) >= 11 is 0. The lowest BCUT2D eigenvalue weighted by atomic mass is 9.87. The highest BCUT2D eigenvalue weighted by Crippen LogP contribution is 2.33. The number of rotatable bonds is 4. The van der Waals surface area contributed by atoms with Crippen LogP contribution in [0, 0.1) is 0 Å². The molecule has 2 aliphatic rings. The summed E-state index contributed by atoms with van der Waals surface area (Å²) in [7, 11) is 0. The number of fused-ring (bicyclic) bond motifs is 1. The van der Waals surface area contributed by atoms with Gasteiger partial charge in [0.25, 0.3) is 0 Å². The zero-order chi connectivity index (χ0) is 16.7. The van der Waals surface area contributed by atoms with Gasteiger partial charge in [-0.25, -0.2) is 0 Å². The highest BCUT2D eigenvalue weighted by molar-refractivity contribution is 5.89. The van der Waals surface area contributed by atoms with Crippen molar-refractivity contribution in [1.82, 2.24) is 10.2 Å². The van der Waals surface area contributed by atoms with Crippen molar-refractivity contribution in [1.29, 1.82) is 0 Å². The topological polar surface area (TPSA) is 41.6 Å². The molecule has 0 unspecified atom stereocenters. The Morgan fingerprint density at radius 3 is 2.54 bits per heavy atom. The summed E-state index contributed by atoms with van der Waals surface area (Å²) in [6, 6.07) is 13.3. The van der Waals surface area contributed by atoms with Crippen LogP contribution in [0.1, 0.15) is 30.9 Å². The second-order valence-corrected chi connectivity index (χ2v) is 7.40. The summed E-state index contributed by atoms with van der Waals surface area (Å²) in [4.78, 5) is 13.5. The smallest absolute Gasteiger partial charge is 0.303 e. The number of likely N-dealkylation sites (tertiary alicyclic amines) is 1. The molecule has 2 aromatic rings. The van der Waals surface area contributed by atoms with Crippen molar-refractivity contribution in [2.24, 2.45) is 0 Å². The van der Waals surface area contributed by atoms with Gasteiger partial charge < -0.3 is 10.1 Å². The first-order valence-corrected chi connectivity index (χ1v) is 8.67. The Hall–Kier alpha value is -1.91. The van der Waals surface area contributed by atoms with Gasteiger partial charge in [-0.05, 0) is 28.8 Å². The van der Waals surface area contributed by atoms with Gasteiger partial charge >= 0.3 is 5.97 Å². The van der Waals surface area contributed by atoms with E-state index in [9.17, 15) is 4.79 Å². The van der Waals surface area contributed by atoms with Gasteiger partial charge in [-0.2, -0.15) is 0 Å². The summed E-state index contributed by atoms with van der Waals surface area (Å²) < 4.78 is 5.41. The van der Waals surface area contributed by atoms with E-state index in [1.165, 1.54) is 28.8 Å².